The maximum absolute atomic E-state index is 2.33. The van der Waals surface area contributed by atoms with E-state index >= 15 is 0 Å². The minimum atomic E-state index is 1.13. The molecule has 7 aromatic rings. The van der Waals surface area contributed by atoms with Crippen LogP contribution in [0, 0.1) is 20.8 Å². The number of hydrogen-bond acceptors (Lipinski definition) is 2. The van der Waals surface area contributed by atoms with E-state index in [0.29, 0.717) is 0 Å². The molecule has 0 radical (unpaired) electrons. The molecule has 0 aliphatic rings. The first-order chi connectivity index (χ1) is 24.0. The third-order valence-corrected chi connectivity index (χ3v) is 8.77. The van der Waals surface area contributed by atoms with Crippen LogP contribution in [-0.2, 0) is 0 Å². The van der Waals surface area contributed by atoms with Crippen molar-refractivity contribution in [3.63, 3.8) is 0 Å². The SMILES string of the molecule is Cc1ccc(N(c2ccc(C=Cc3ccc(-c4ccc(N(c5ccccc5)c5ccccc5)cc4)cc3)cc2)c2cc(C)cc(C)c2)cc1. The van der Waals surface area contributed by atoms with Crippen molar-refractivity contribution in [1.82, 2.24) is 0 Å². The quantitative estimate of drug-likeness (QED) is 0.146. The maximum atomic E-state index is 2.33. The number of aryl methyl sites for hydroxylation is 3. The first-order valence-corrected chi connectivity index (χ1v) is 16.8. The van der Waals surface area contributed by atoms with Gasteiger partial charge in [-0.25, -0.2) is 0 Å². The lowest BCUT2D eigenvalue weighted by atomic mass is 10.0. The highest BCUT2D eigenvalue weighted by molar-refractivity contribution is 5.80. The van der Waals surface area contributed by atoms with Crippen LogP contribution >= 0.6 is 0 Å². The zero-order chi connectivity index (χ0) is 33.6. The molecule has 0 aliphatic carbocycles. The van der Waals surface area contributed by atoms with Crippen LogP contribution in [0.2, 0.25) is 0 Å². The van der Waals surface area contributed by atoms with Crippen molar-refractivity contribution in [2.45, 2.75) is 20.8 Å². The Kier molecular flexibility index (Phi) is 9.21. The summed E-state index contributed by atoms with van der Waals surface area (Å²) in [5, 5.41) is 0. The van der Waals surface area contributed by atoms with Gasteiger partial charge in [0.25, 0.3) is 0 Å². The van der Waals surface area contributed by atoms with Gasteiger partial charge in [0.05, 0.1) is 0 Å². The van der Waals surface area contributed by atoms with Gasteiger partial charge < -0.3 is 9.80 Å². The van der Waals surface area contributed by atoms with Crippen molar-refractivity contribution >= 4 is 46.3 Å². The molecule has 7 aromatic carbocycles. The molecular formula is C47H40N2. The van der Waals surface area contributed by atoms with Crippen LogP contribution in [0.4, 0.5) is 34.1 Å². The Labute approximate surface area is 290 Å². The Hall–Kier alpha value is -6.12. The third-order valence-electron chi connectivity index (χ3n) is 8.77. The van der Waals surface area contributed by atoms with Crippen LogP contribution in [-0.4, -0.2) is 0 Å². The van der Waals surface area contributed by atoms with E-state index in [2.05, 4.69) is 219 Å². The molecular weight excluding hydrogens is 593 g/mol. The summed E-state index contributed by atoms with van der Waals surface area (Å²) in [6, 6.07) is 62.9. The van der Waals surface area contributed by atoms with Crippen LogP contribution < -0.4 is 9.80 Å². The molecule has 7 rings (SSSR count). The van der Waals surface area contributed by atoms with Crippen LogP contribution in [0.5, 0.6) is 0 Å². The highest BCUT2D eigenvalue weighted by Crippen LogP contribution is 2.37. The van der Waals surface area contributed by atoms with E-state index in [4.69, 9.17) is 0 Å². The summed E-state index contributed by atoms with van der Waals surface area (Å²) in [7, 11) is 0. The highest BCUT2D eigenvalue weighted by atomic mass is 15.1. The first-order valence-electron chi connectivity index (χ1n) is 16.8. The van der Waals surface area contributed by atoms with Gasteiger partial charge in [0.1, 0.15) is 0 Å². The van der Waals surface area contributed by atoms with Crippen molar-refractivity contribution in [2.24, 2.45) is 0 Å². The van der Waals surface area contributed by atoms with Gasteiger partial charge in [-0.05, 0) is 127 Å². The summed E-state index contributed by atoms with van der Waals surface area (Å²) in [4.78, 5) is 4.62. The molecule has 0 saturated carbocycles. The topological polar surface area (TPSA) is 6.48 Å². The molecule has 49 heavy (non-hydrogen) atoms. The van der Waals surface area contributed by atoms with E-state index in [1.54, 1.807) is 0 Å². The largest absolute Gasteiger partial charge is 0.311 e. The maximum Gasteiger partial charge on any atom is 0.0466 e. The van der Waals surface area contributed by atoms with Gasteiger partial charge in [-0.2, -0.15) is 0 Å². The molecule has 0 heterocycles. The summed E-state index contributed by atoms with van der Waals surface area (Å²) in [5.74, 6) is 0. The Morgan fingerprint density at radius 2 is 0.653 bits per heavy atom. The number of benzene rings is 7. The second-order valence-electron chi connectivity index (χ2n) is 12.6. The monoisotopic (exact) mass is 632 g/mol. The lowest BCUT2D eigenvalue weighted by Gasteiger charge is -2.26. The molecule has 0 amide bonds. The molecule has 0 fully saturated rings. The smallest absolute Gasteiger partial charge is 0.0466 e. The molecule has 2 heteroatoms. The number of nitrogens with zero attached hydrogens (tertiary/aromatic N) is 2. The van der Waals surface area contributed by atoms with Gasteiger partial charge in [-0.1, -0.05) is 121 Å². The molecule has 0 spiro atoms. The summed E-state index contributed by atoms with van der Waals surface area (Å²) in [6.07, 6.45) is 4.36. The van der Waals surface area contributed by atoms with Crippen molar-refractivity contribution in [3.8, 4) is 11.1 Å². The molecule has 0 bridgehead atoms. The summed E-state index contributed by atoms with van der Waals surface area (Å²) in [6.45, 7) is 6.45. The van der Waals surface area contributed by atoms with Crippen molar-refractivity contribution in [1.29, 1.82) is 0 Å². The van der Waals surface area contributed by atoms with Crippen molar-refractivity contribution in [2.75, 3.05) is 9.80 Å². The molecule has 0 aliphatic heterocycles. The highest BCUT2D eigenvalue weighted by Gasteiger charge is 2.14. The molecule has 0 saturated heterocycles. The number of hydrogen-bond donors (Lipinski definition) is 0. The minimum Gasteiger partial charge on any atom is -0.311 e. The lowest BCUT2D eigenvalue weighted by molar-refractivity contribution is 1.25. The van der Waals surface area contributed by atoms with Gasteiger partial charge >= 0.3 is 0 Å². The summed E-state index contributed by atoms with van der Waals surface area (Å²) >= 11 is 0. The predicted molar refractivity (Wildman–Crippen MR) is 211 cm³/mol. The summed E-state index contributed by atoms with van der Waals surface area (Å²) < 4.78 is 0. The Morgan fingerprint density at radius 1 is 0.306 bits per heavy atom. The van der Waals surface area contributed by atoms with E-state index in [0.717, 1.165) is 34.0 Å². The van der Waals surface area contributed by atoms with Crippen molar-refractivity contribution < 1.29 is 0 Å². The fourth-order valence-electron chi connectivity index (χ4n) is 6.34. The fourth-order valence-corrected chi connectivity index (χ4v) is 6.34. The minimum absolute atomic E-state index is 1.13. The average Bonchev–Trinajstić information content (AvgIpc) is 3.13. The van der Waals surface area contributed by atoms with Crippen molar-refractivity contribution in [3.05, 3.63) is 204 Å². The van der Waals surface area contributed by atoms with Gasteiger partial charge in [0, 0.05) is 34.1 Å². The number of rotatable bonds is 9. The third kappa shape index (κ3) is 7.40. The zero-order valence-electron chi connectivity index (χ0n) is 28.3. The van der Waals surface area contributed by atoms with E-state index in [1.165, 1.54) is 39.1 Å². The molecule has 238 valence electrons. The standard InChI is InChI=1S/C47H40N2/c1-35-14-26-44(27-15-35)49(47-33-36(2)32-37(3)34-47)45-28-20-39(21-29-45)17-16-38-18-22-40(23-19-38)41-24-30-46(31-25-41)48(42-10-6-4-7-11-42)43-12-8-5-9-13-43/h4-34H,1-3H3. The predicted octanol–water partition coefficient (Wildman–Crippen LogP) is 13.4. The second kappa shape index (κ2) is 14.3. The average molecular weight is 633 g/mol. The number of para-hydroxylation sites is 2. The van der Waals surface area contributed by atoms with Crippen LogP contribution in [0.3, 0.4) is 0 Å². The van der Waals surface area contributed by atoms with Gasteiger partial charge in [0.2, 0.25) is 0 Å². The number of anilines is 6. The molecule has 0 atom stereocenters. The van der Waals surface area contributed by atoms with E-state index in [1.807, 2.05) is 0 Å². The Balaban J connectivity index is 1.07. The fraction of sp³-hybridized carbons (Fsp3) is 0.0638. The zero-order valence-corrected chi connectivity index (χ0v) is 28.3. The Morgan fingerprint density at radius 3 is 1.12 bits per heavy atom. The van der Waals surface area contributed by atoms with E-state index in [9.17, 15) is 0 Å². The molecule has 0 unspecified atom stereocenters. The normalized spacial score (nSPS) is 11.1. The molecule has 0 aromatic heterocycles. The summed E-state index contributed by atoms with van der Waals surface area (Å²) in [5.41, 5.74) is 15.3. The first kappa shape index (κ1) is 31.5. The van der Waals surface area contributed by atoms with Gasteiger partial charge in [-0.15, -0.1) is 0 Å². The molecule has 0 N–H and O–H groups in total. The van der Waals surface area contributed by atoms with E-state index in [-0.39, 0.29) is 0 Å². The van der Waals surface area contributed by atoms with Crippen LogP contribution in [0.15, 0.2) is 176 Å². The van der Waals surface area contributed by atoms with E-state index < -0.39 is 0 Å². The second-order valence-corrected chi connectivity index (χ2v) is 12.6. The van der Waals surface area contributed by atoms with Gasteiger partial charge in [0.15, 0.2) is 0 Å². The van der Waals surface area contributed by atoms with Crippen LogP contribution in [0.1, 0.15) is 27.8 Å². The van der Waals surface area contributed by atoms with Gasteiger partial charge in [-0.3, -0.25) is 0 Å². The lowest BCUT2D eigenvalue weighted by Crippen LogP contribution is -2.10. The molecule has 2 nitrogen and oxygen atoms in total. The van der Waals surface area contributed by atoms with Crippen LogP contribution in [0.25, 0.3) is 23.3 Å². The Bertz CT molecular complexity index is 2090.